The molecule has 0 amide bonds. The molecule has 4 nitrogen and oxygen atoms in total. The summed E-state index contributed by atoms with van der Waals surface area (Å²) in [5.74, 6) is -1.26. The first-order chi connectivity index (χ1) is 9.11. The van der Waals surface area contributed by atoms with Crippen LogP contribution in [0.3, 0.4) is 0 Å². The van der Waals surface area contributed by atoms with E-state index in [0.29, 0.717) is 23.0 Å². The van der Waals surface area contributed by atoms with Gasteiger partial charge in [0.2, 0.25) is 0 Å². The molecule has 0 spiro atoms. The number of halogens is 1. The van der Waals surface area contributed by atoms with Crippen molar-refractivity contribution in [2.75, 3.05) is 5.32 Å². The van der Waals surface area contributed by atoms with Crippen molar-refractivity contribution in [1.82, 2.24) is 4.98 Å². The molecule has 100 valence electrons. The van der Waals surface area contributed by atoms with E-state index in [1.165, 1.54) is 18.3 Å². The van der Waals surface area contributed by atoms with E-state index in [0.717, 1.165) is 6.42 Å². The number of aliphatic carboxylic acids is 1. The molecular weight excluding hydrogens is 247 g/mol. The quantitative estimate of drug-likeness (QED) is 0.869. The van der Waals surface area contributed by atoms with Gasteiger partial charge in [0.25, 0.3) is 0 Å². The largest absolute Gasteiger partial charge is 0.480 e. The van der Waals surface area contributed by atoms with E-state index >= 15 is 0 Å². The third kappa shape index (κ3) is 2.99. The third-order valence-corrected chi connectivity index (χ3v) is 2.91. The highest BCUT2D eigenvalue weighted by Crippen LogP contribution is 2.23. The third-order valence-electron chi connectivity index (χ3n) is 2.91. The molecule has 2 rings (SSSR count). The molecule has 0 bridgehead atoms. The smallest absolute Gasteiger partial charge is 0.326 e. The van der Waals surface area contributed by atoms with E-state index in [9.17, 15) is 9.18 Å². The molecule has 1 aromatic carbocycles. The molecule has 1 heterocycles. The molecule has 0 radical (unpaired) electrons. The number of hydrogen-bond acceptors (Lipinski definition) is 3. The first-order valence-corrected chi connectivity index (χ1v) is 6.15. The van der Waals surface area contributed by atoms with Gasteiger partial charge >= 0.3 is 5.97 Å². The average molecular weight is 262 g/mol. The number of hydrogen-bond donors (Lipinski definition) is 2. The number of nitrogens with one attached hydrogen (secondary N) is 1. The maximum absolute atomic E-state index is 13.1. The maximum Gasteiger partial charge on any atom is 0.326 e. The van der Waals surface area contributed by atoms with Gasteiger partial charge in [-0.3, -0.25) is 4.98 Å². The van der Waals surface area contributed by atoms with Gasteiger partial charge in [0.05, 0.1) is 5.52 Å². The van der Waals surface area contributed by atoms with Crippen molar-refractivity contribution in [1.29, 1.82) is 0 Å². The SMILES string of the molecule is CCCC(Nc1ccnc2cc(F)ccc12)C(=O)O. The summed E-state index contributed by atoms with van der Waals surface area (Å²) in [6.07, 6.45) is 2.83. The Balaban J connectivity index is 2.36. The Morgan fingerprint density at radius 3 is 2.95 bits per heavy atom. The van der Waals surface area contributed by atoms with Gasteiger partial charge in [-0.25, -0.2) is 9.18 Å². The van der Waals surface area contributed by atoms with Gasteiger partial charge < -0.3 is 10.4 Å². The van der Waals surface area contributed by atoms with Crippen molar-refractivity contribution >= 4 is 22.6 Å². The lowest BCUT2D eigenvalue weighted by atomic mass is 10.1. The fraction of sp³-hybridized carbons (Fsp3) is 0.286. The Bertz CT molecular complexity index is 601. The van der Waals surface area contributed by atoms with Crippen molar-refractivity contribution in [3.63, 3.8) is 0 Å². The summed E-state index contributed by atoms with van der Waals surface area (Å²) in [5.41, 5.74) is 1.16. The lowest BCUT2D eigenvalue weighted by Gasteiger charge is -2.16. The molecule has 1 atom stereocenters. The van der Waals surface area contributed by atoms with E-state index in [-0.39, 0.29) is 5.82 Å². The van der Waals surface area contributed by atoms with Crippen molar-refractivity contribution in [2.45, 2.75) is 25.8 Å². The first kappa shape index (κ1) is 13.3. The van der Waals surface area contributed by atoms with Crippen molar-refractivity contribution in [3.05, 3.63) is 36.3 Å². The van der Waals surface area contributed by atoms with Gasteiger partial charge in [-0.1, -0.05) is 13.3 Å². The van der Waals surface area contributed by atoms with Crippen LogP contribution in [0.25, 0.3) is 10.9 Å². The van der Waals surface area contributed by atoms with E-state index < -0.39 is 12.0 Å². The second-order valence-corrected chi connectivity index (χ2v) is 4.34. The number of fused-ring (bicyclic) bond motifs is 1. The molecule has 0 fully saturated rings. The fourth-order valence-corrected chi connectivity index (χ4v) is 1.98. The van der Waals surface area contributed by atoms with Crippen LogP contribution < -0.4 is 5.32 Å². The average Bonchev–Trinajstić information content (AvgIpc) is 2.37. The monoisotopic (exact) mass is 262 g/mol. The summed E-state index contributed by atoms with van der Waals surface area (Å²) in [5, 5.41) is 12.8. The molecule has 0 aliphatic carbocycles. The fourth-order valence-electron chi connectivity index (χ4n) is 1.98. The molecule has 0 aliphatic rings. The highest BCUT2D eigenvalue weighted by atomic mass is 19.1. The highest BCUT2D eigenvalue weighted by Gasteiger charge is 2.16. The van der Waals surface area contributed by atoms with E-state index in [1.807, 2.05) is 6.92 Å². The summed E-state index contributed by atoms with van der Waals surface area (Å²) in [6, 6.07) is 5.32. The van der Waals surface area contributed by atoms with Gasteiger partial charge in [-0.15, -0.1) is 0 Å². The van der Waals surface area contributed by atoms with Crippen molar-refractivity contribution in [3.8, 4) is 0 Å². The lowest BCUT2D eigenvalue weighted by Crippen LogP contribution is -2.29. The summed E-state index contributed by atoms with van der Waals surface area (Å²) < 4.78 is 13.1. The maximum atomic E-state index is 13.1. The van der Waals surface area contributed by atoms with Crippen molar-refractivity contribution < 1.29 is 14.3 Å². The topological polar surface area (TPSA) is 62.2 Å². The second-order valence-electron chi connectivity index (χ2n) is 4.34. The Morgan fingerprint density at radius 2 is 2.26 bits per heavy atom. The molecule has 2 aromatic rings. The molecule has 5 heteroatoms. The summed E-state index contributed by atoms with van der Waals surface area (Å²) in [6.45, 7) is 1.93. The zero-order chi connectivity index (χ0) is 13.8. The van der Waals surface area contributed by atoms with Gasteiger partial charge in [-0.05, 0) is 24.6 Å². The number of carboxylic acid groups (broad SMARTS) is 1. The van der Waals surface area contributed by atoms with Crippen LogP contribution in [-0.2, 0) is 4.79 Å². The molecule has 1 aromatic heterocycles. The molecule has 0 aliphatic heterocycles. The minimum atomic E-state index is -0.895. The van der Waals surface area contributed by atoms with Gasteiger partial charge in [0.1, 0.15) is 11.9 Å². The lowest BCUT2D eigenvalue weighted by molar-refractivity contribution is -0.138. The zero-order valence-corrected chi connectivity index (χ0v) is 10.6. The Hall–Kier alpha value is -2.17. The molecule has 0 saturated carbocycles. The van der Waals surface area contributed by atoms with Crippen LogP contribution in [-0.4, -0.2) is 22.1 Å². The number of nitrogens with zero attached hydrogens (tertiary/aromatic N) is 1. The Kier molecular flexibility index (Phi) is 3.94. The van der Waals surface area contributed by atoms with Gasteiger partial charge in [-0.2, -0.15) is 0 Å². The van der Waals surface area contributed by atoms with Crippen LogP contribution >= 0.6 is 0 Å². The number of carbonyl (C=O) groups is 1. The first-order valence-electron chi connectivity index (χ1n) is 6.15. The summed E-state index contributed by atoms with van der Waals surface area (Å²) in [7, 11) is 0. The number of anilines is 1. The molecular formula is C14H15FN2O2. The van der Waals surface area contributed by atoms with E-state index in [4.69, 9.17) is 5.11 Å². The normalized spacial score (nSPS) is 12.3. The van der Waals surface area contributed by atoms with Crippen LogP contribution in [0, 0.1) is 5.82 Å². The zero-order valence-electron chi connectivity index (χ0n) is 10.6. The van der Waals surface area contributed by atoms with Crippen LogP contribution in [0.2, 0.25) is 0 Å². The van der Waals surface area contributed by atoms with Crippen LogP contribution in [0.5, 0.6) is 0 Å². The van der Waals surface area contributed by atoms with Crippen LogP contribution in [0.1, 0.15) is 19.8 Å². The Morgan fingerprint density at radius 1 is 1.47 bits per heavy atom. The predicted octanol–water partition coefficient (Wildman–Crippen LogP) is 3.04. The number of benzene rings is 1. The van der Waals surface area contributed by atoms with Crippen LogP contribution in [0.4, 0.5) is 10.1 Å². The summed E-state index contributed by atoms with van der Waals surface area (Å²) in [4.78, 5) is 15.2. The van der Waals surface area contributed by atoms with E-state index in [1.54, 1.807) is 12.1 Å². The number of aromatic nitrogens is 1. The molecule has 1 unspecified atom stereocenters. The van der Waals surface area contributed by atoms with Gasteiger partial charge in [0.15, 0.2) is 0 Å². The van der Waals surface area contributed by atoms with Crippen molar-refractivity contribution in [2.24, 2.45) is 0 Å². The van der Waals surface area contributed by atoms with Gasteiger partial charge in [0, 0.05) is 23.3 Å². The number of carboxylic acids is 1. The minimum absolute atomic E-state index is 0.361. The number of pyridine rings is 1. The Labute approximate surface area is 110 Å². The number of rotatable bonds is 5. The predicted molar refractivity (Wildman–Crippen MR) is 71.7 cm³/mol. The molecule has 2 N–H and O–H groups in total. The highest BCUT2D eigenvalue weighted by molar-refractivity contribution is 5.92. The molecule has 0 saturated heterocycles. The minimum Gasteiger partial charge on any atom is -0.480 e. The molecule has 19 heavy (non-hydrogen) atoms. The summed E-state index contributed by atoms with van der Waals surface area (Å²) >= 11 is 0. The standard InChI is InChI=1S/C14H15FN2O2/c1-2-3-12(14(18)19)17-11-6-7-16-13-8-9(15)4-5-10(11)13/h4-8,12H,2-3H2,1H3,(H,16,17)(H,18,19). The second kappa shape index (κ2) is 5.65. The van der Waals surface area contributed by atoms with Crippen LogP contribution in [0.15, 0.2) is 30.5 Å². The van der Waals surface area contributed by atoms with E-state index in [2.05, 4.69) is 10.3 Å².